The van der Waals surface area contributed by atoms with Gasteiger partial charge in [0.15, 0.2) is 0 Å². The summed E-state index contributed by atoms with van der Waals surface area (Å²) in [4.78, 5) is 12.0. The van der Waals surface area contributed by atoms with Gasteiger partial charge in [-0.2, -0.15) is 13.2 Å². The standard InChI is InChI=1S/C18H23BF4O4/c1-6-25-15(24)10-14(19-26-16(2,3)17(4,5)27-19)11-7-12(18(21,22)23)9-13(20)8-11/h7-9,14H,6,10H2,1-5H3. The molecule has 0 aliphatic carbocycles. The van der Waals surface area contributed by atoms with Crippen molar-refractivity contribution in [2.75, 3.05) is 6.61 Å². The van der Waals surface area contributed by atoms with E-state index in [4.69, 9.17) is 14.0 Å². The molecule has 1 saturated heterocycles. The summed E-state index contributed by atoms with van der Waals surface area (Å²) in [6, 6.07) is 2.19. The van der Waals surface area contributed by atoms with E-state index >= 15 is 0 Å². The topological polar surface area (TPSA) is 44.8 Å². The van der Waals surface area contributed by atoms with E-state index in [0.29, 0.717) is 6.07 Å². The van der Waals surface area contributed by atoms with Crippen molar-refractivity contribution in [2.45, 2.75) is 64.2 Å². The molecule has 0 radical (unpaired) electrons. The molecule has 0 aromatic heterocycles. The van der Waals surface area contributed by atoms with Crippen molar-refractivity contribution in [3.8, 4) is 0 Å². The van der Waals surface area contributed by atoms with E-state index in [-0.39, 0.29) is 18.6 Å². The van der Waals surface area contributed by atoms with Crippen LogP contribution >= 0.6 is 0 Å². The zero-order chi connectivity index (χ0) is 20.6. The van der Waals surface area contributed by atoms with Crippen LogP contribution in [0.4, 0.5) is 17.6 Å². The maximum absolute atomic E-state index is 13.9. The first-order valence-electron chi connectivity index (χ1n) is 8.66. The van der Waals surface area contributed by atoms with Gasteiger partial charge in [-0.1, -0.05) is 0 Å². The molecule has 1 aromatic carbocycles. The van der Waals surface area contributed by atoms with Gasteiger partial charge >= 0.3 is 19.3 Å². The van der Waals surface area contributed by atoms with Gasteiger partial charge < -0.3 is 14.0 Å². The summed E-state index contributed by atoms with van der Waals surface area (Å²) in [7, 11) is -1.03. The van der Waals surface area contributed by atoms with E-state index in [2.05, 4.69) is 0 Å². The SMILES string of the molecule is CCOC(=O)CC(B1OC(C)(C)C(C)(C)O1)c1cc(F)cc(C(F)(F)F)c1. The molecule has 27 heavy (non-hydrogen) atoms. The van der Waals surface area contributed by atoms with Gasteiger partial charge in [0, 0.05) is 5.82 Å². The van der Waals surface area contributed by atoms with Crippen molar-refractivity contribution >= 4 is 13.1 Å². The number of hydrogen-bond acceptors (Lipinski definition) is 4. The van der Waals surface area contributed by atoms with Crippen molar-refractivity contribution in [1.82, 2.24) is 0 Å². The second-order valence-corrected chi connectivity index (χ2v) is 7.51. The van der Waals surface area contributed by atoms with Crippen LogP contribution < -0.4 is 0 Å². The fourth-order valence-corrected chi connectivity index (χ4v) is 2.81. The minimum Gasteiger partial charge on any atom is -0.466 e. The second-order valence-electron chi connectivity index (χ2n) is 7.51. The summed E-state index contributed by atoms with van der Waals surface area (Å²) in [5, 5.41) is 0. The Kier molecular flexibility index (Phi) is 5.97. The van der Waals surface area contributed by atoms with Gasteiger partial charge in [-0.15, -0.1) is 0 Å². The van der Waals surface area contributed by atoms with Crippen LogP contribution in [0.3, 0.4) is 0 Å². The Morgan fingerprint density at radius 3 is 2.19 bits per heavy atom. The molecule has 1 aliphatic rings. The average molecular weight is 390 g/mol. The normalized spacial score (nSPS) is 19.8. The van der Waals surface area contributed by atoms with Crippen LogP contribution in [0.5, 0.6) is 0 Å². The third-order valence-corrected chi connectivity index (χ3v) is 4.97. The number of alkyl halides is 3. The molecule has 0 saturated carbocycles. The Balaban J connectivity index is 2.45. The van der Waals surface area contributed by atoms with Crippen molar-refractivity contribution in [3.05, 3.63) is 35.1 Å². The molecule has 1 aliphatic heterocycles. The Morgan fingerprint density at radius 2 is 1.70 bits per heavy atom. The summed E-state index contributed by atoms with van der Waals surface area (Å²) < 4.78 is 69.9. The maximum atomic E-state index is 13.9. The highest BCUT2D eigenvalue weighted by atomic mass is 19.4. The van der Waals surface area contributed by atoms with Crippen LogP contribution in [-0.2, 0) is 25.0 Å². The highest BCUT2D eigenvalue weighted by molar-refractivity contribution is 6.48. The number of carbonyl (C=O) groups is 1. The molecule has 4 nitrogen and oxygen atoms in total. The van der Waals surface area contributed by atoms with E-state index in [1.54, 1.807) is 34.6 Å². The third-order valence-electron chi connectivity index (χ3n) is 4.97. The molecule has 0 spiro atoms. The predicted octanol–water partition coefficient (Wildman–Crippen LogP) is 4.51. The molecule has 0 bridgehead atoms. The number of ether oxygens (including phenoxy) is 1. The molecule has 0 amide bonds. The Bertz CT molecular complexity index is 687. The van der Waals surface area contributed by atoms with Gasteiger partial charge in [0.05, 0.1) is 29.8 Å². The van der Waals surface area contributed by atoms with Crippen LogP contribution in [0, 0.1) is 5.82 Å². The molecule has 1 aromatic rings. The lowest BCUT2D eigenvalue weighted by Crippen LogP contribution is -2.41. The largest absolute Gasteiger partial charge is 0.466 e. The van der Waals surface area contributed by atoms with Crippen molar-refractivity contribution in [2.24, 2.45) is 0 Å². The summed E-state index contributed by atoms with van der Waals surface area (Å²) in [6.07, 6.45) is -5.02. The number of esters is 1. The second kappa shape index (κ2) is 7.43. The average Bonchev–Trinajstić information content (AvgIpc) is 2.71. The molecule has 1 heterocycles. The molecule has 2 rings (SSSR count). The first-order valence-corrected chi connectivity index (χ1v) is 8.66. The number of hydrogen-bond donors (Lipinski definition) is 0. The van der Waals surface area contributed by atoms with Crippen LogP contribution in [0.2, 0.25) is 0 Å². The molecule has 1 atom stereocenters. The molecule has 1 fully saturated rings. The number of rotatable bonds is 5. The summed E-state index contributed by atoms with van der Waals surface area (Å²) in [5.74, 6) is -2.64. The van der Waals surface area contributed by atoms with Gasteiger partial charge in [0.1, 0.15) is 5.82 Å². The zero-order valence-corrected chi connectivity index (χ0v) is 15.9. The van der Waals surface area contributed by atoms with E-state index in [9.17, 15) is 22.4 Å². The Hall–Kier alpha value is -1.61. The number of halogens is 4. The van der Waals surface area contributed by atoms with Gasteiger partial charge in [-0.25, -0.2) is 4.39 Å². The van der Waals surface area contributed by atoms with Crippen LogP contribution in [0.1, 0.15) is 58.0 Å². The maximum Gasteiger partial charge on any atom is 0.466 e. The highest BCUT2D eigenvalue weighted by Gasteiger charge is 2.54. The lowest BCUT2D eigenvalue weighted by atomic mass is 9.66. The van der Waals surface area contributed by atoms with Gasteiger partial charge in [-0.05, 0) is 58.4 Å². The monoisotopic (exact) mass is 390 g/mol. The molecule has 150 valence electrons. The fraction of sp³-hybridized carbons (Fsp3) is 0.611. The molecule has 0 N–H and O–H groups in total. The third kappa shape index (κ3) is 4.82. The predicted molar refractivity (Wildman–Crippen MR) is 91.5 cm³/mol. The minimum atomic E-state index is -4.72. The van der Waals surface area contributed by atoms with Crippen molar-refractivity contribution in [3.63, 3.8) is 0 Å². The Labute approximate surface area is 156 Å². The van der Waals surface area contributed by atoms with Gasteiger partial charge in [0.2, 0.25) is 0 Å². The minimum absolute atomic E-state index is 0.0334. The zero-order valence-electron chi connectivity index (χ0n) is 15.9. The first kappa shape index (κ1) is 21.7. The summed E-state index contributed by atoms with van der Waals surface area (Å²) >= 11 is 0. The van der Waals surface area contributed by atoms with Gasteiger partial charge in [0.25, 0.3) is 0 Å². The van der Waals surface area contributed by atoms with Crippen LogP contribution in [0.15, 0.2) is 18.2 Å². The smallest absolute Gasteiger partial charge is 0.466 e. The lowest BCUT2D eigenvalue weighted by molar-refractivity contribution is -0.143. The Morgan fingerprint density at radius 1 is 1.15 bits per heavy atom. The van der Waals surface area contributed by atoms with E-state index in [1.165, 1.54) is 0 Å². The molecule has 1 unspecified atom stereocenters. The van der Waals surface area contributed by atoms with Crippen LogP contribution in [0.25, 0.3) is 0 Å². The van der Waals surface area contributed by atoms with Gasteiger partial charge in [-0.3, -0.25) is 4.79 Å². The van der Waals surface area contributed by atoms with E-state index in [1.807, 2.05) is 0 Å². The first-order chi connectivity index (χ1) is 12.3. The number of benzene rings is 1. The summed E-state index contributed by atoms with van der Waals surface area (Å²) in [6.45, 7) is 8.85. The lowest BCUT2D eigenvalue weighted by Gasteiger charge is -2.32. The number of carbonyl (C=O) groups excluding carboxylic acids is 1. The molecule has 9 heteroatoms. The van der Waals surface area contributed by atoms with Crippen molar-refractivity contribution < 1.29 is 36.4 Å². The van der Waals surface area contributed by atoms with Crippen LogP contribution in [-0.4, -0.2) is 30.9 Å². The van der Waals surface area contributed by atoms with E-state index in [0.717, 1.165) is 12.1 Å². The molecular formula is C18H23BF4O4. The van der Waals surface area contributed by atoms with Crippen molar-refractivity contribution in [1.29, 1.82) is 0 Å². The highest BCUT2D eigenvalue weighted by Crippen LogP contribution is 2.42. The summed E-state index contributed by atoms with van der Waals surface area (Å²) in [5.41, 5.74) is -2.69. The fourth-order valence-electron chi connectivity index (χ4n) is 2.81. The quantitative estimate of drug-likeness (QED) is 0.422. The van der Waals surface area contributed by atoms with E-state index < -0.39 is 47.7 Å². The molecular weight excluding hydrogens is 367 g/mol.